The third-order valence-corrected chi connectivity index (χ3v) is 4.78. The molecule has 0 spiro atoms. The minimum absolute atomic E-state index is 0.0314. The molecule has 5 heteroatoms. The minimum Gasteiger partial charge on any atom is -0.379 e. The van der Waals surface area contributed by atoms with Crippen molar-refractivity contribution in [2.45, 2.75) is 56.7 Å². The lowest BCUT2D eigenvalue weighted by molar-refractivity contribution is -0.133. The molecule has 0 aromatic heterocycles. The van der Waals surface area contributed by atoms with Crippen molar-refractivity contribution in [3.05, 3.63) is 0 Å². The molecule has 2 aliphatic heterocycles. The molecular formula is C16H30N2O2S. The number of thiol groups is 1. The average Bonchev–Trinajstić information content (AvgIpc) is 2.47. The molecule has 0 aromatic carbocycles. The van der Waals surface area contributed by atoms with Gasteiger partial charge in [0.05, 0.1) is 13.2 Å². The molecular weight excluding hydrogens is 284 g/mol. The van der Waals surface area contributed by atoms with E-state index in [1.165, 1.54) is 0 Å². The van der Waals surface area contributed by atoms with Crippen LogP contribution in [0.25, 0.3) is 0 Å². The maximum Gasteiger partial charge on any atom is 0.222 e. The predicted molar refractivity (Wildman–Crippen MR) is 88.9 cm³/mol. The van der Waals surface area contributed by atoms with Crippen molar-refractivity contribution in [3.8, 4) is 0 Å². The van der Waals surface area contributed by atoms with Gasteiger partial charge in [-0.1, -0.05) is 13.8 Å². The molecule has 0 N–H and O–H groups in total. The van der Waals surface area contributed by atoms with Gasteiger partial charge in [-0.15, -0.1) is 0 Å². The monoisotopic (exact) mass is 314 g/mol. The molecule has 4 nitrogen and oxygen atoms in total. The van der Waals surface area contributed by atoms with Gasteiger partial charge in [-0.05, 0) is 25.7 Å². The molecule has 2 fully saturated rings. The van der Waals surface area contributed by atoms with Gasteiger partial charge >= 0.3 is 0 Å². The van der Waals surface area contributed by atoms with Gasteiger partial charge in [0.1, 0.15) is 0 Å². The van der Waals surface area contributed by atoms with Gasteiger partial charge in [0.2, 0.25) is 5.91 Å². The van der Waals surface area contributed by atoms with Crippen molar-refractivity contribution < 1.29 is 9.53 Å². The number of rotatable bonds is 5. The Balaban J connectivity index is 1.67. The Kier molecular flexibility index (Phi) is 6.38. The van der Waals surface area contributed by atoms with E-state index in [9.17, 15) is 4.79 Å². The summed E-state index contributed by atoms with van der Waals surface area (Å²) in [5.41, 5.74) is 0. The Morgan fingerprint density at radius 1 is 1.19 bits per heavy atom. The van der Waals surface area contributed by atoms with E-state index in [2.05, 4.69) is 36.3 Å². The Labute approximate surface area is 134 Å². The number of likely N-dealkylation sites (tertiary alicyclic amines) is 1. The zero-order valence-corrected chi connectivity index (χ0v) is 14.4. The van der Waals surface area contributed by atoms with Gasteiger partial charge < -0.3 is 9.64 Å². The van der Waals surface area contributed by atoms with Crippen molar-refractivity contribution >= 4 is 18.5 Å². The smallest absolute Gasteiger partial charge is 0.222 e. The van der Waals surface area contributed by atoms with Crippen LogP contribution in [0.15, 0.2) is 0 Å². The molecule has 2 heterocycles. The topological polar surface area (TPSA) is 32.8 Å². The van der Waals surface area contributed by atoms with Gasteiger partial charge in [0.25, 0.3) is 0 Å². The summed E-state index contributed by atoms with van der Waals surface area (Å²) in [6, 6.07) is 0.648. The number of amides is 1. The standard InChI is InChI=1S/C16H30N2O2S/c1-16(2,21)7-3-4-15(19)18-8-5-14(6-9-18)17-10-12-20-13-11-17/h14,21H,3-13H2,1-2H3. The van der Waals surface area contributed by atoms with Crippen molar-refractivity contribution in [1.82, 2.24) is 9.80 Å². The Bertz CT molecular complexity index is 330. The van der Waals surface area contributed by atoms with Crippen LogP contribution in [-0.2, 0) is 9.53 Å². The molecule has 0 unspecified atom stereocenters. The molecule has 2 rings (SSSR count). The van der Waals surface area contributed by atoms with E-state index < -0.39 is 0 Å². The fourth-order valence-electron chi connectivity index (χ4n) is 3.25. The van der Waals surface area contributed by atoms with Crippen molar-refractivity contribution in [2.75, 3.05) is 39.4 Å². The van der Waals surface area contributed by atoms with Crippen LogP contribution in [0.5, 0.6) is 0 Å². The first-order chi connectivity index (χ1) is 9.96. The number of carbonyl (C=O) groups is 1. The molecule has 0 bridgehead atoms. The van der Waals surface area contributed by atoms with Crippen LogP contribution < -0.4 is 0 Å². The highest BCUT2D eigenvalue weighted by atomic mass is 32.1. The fraction of sp³-hybridized carbons (Fsp3) is 0.938. The normalized spacial score (nSPS) is 22.5. The third-order valence-electron chi connectivity index (χ3n) is 4.56. The Morgan fingerprint density at radius 2 is 1.81 bits per heavy atom. The lowest BCUT2D eigenvalue weighted by atomic mass is 10.0. The molecule has 1 amide bonds. The van der Waals surface area contributed by atoms with Gasteiger partial charge in [-0.2, -0.15) is 12.6 Å². The number of hydrogen-bond acceptors (Lipinski definition) is 4. The summed E-state index contributed by atoms with van der Waals surface area (Å²) in [5.74, 6) is 0.327. The quantitative estimate of drug-likeness (QED) is 0.790. The summed E-state index contributed by atoms with van der Waals surface area (Å²) in [6.07, 6.45) is 4.84. The fourth-order valence-corrected chi connectivity index (χ4v) is 3.41. The third kappa shape index (κ3) is 5.80. The summed E-state index contributed by atoms with van der Waals surface area (Å²) in [7, 11) is 0. The number of ether oxygens (including phenoxy) is 1. The number of hydrogen-bond donors (Lipinski definition) is 1. The summed E-state index contributed by atoms with van der Waals surface area (Å²) >= 11 is 4.51. The molecule has 122 valence electrons. The van der Waals surface area contributed by atoms with Crippen LogP contribution in [0.3, 0.4) is 0 Å². The second-order valence-corrected chi connectivity index (χ2v) is 8.14. The van der Waals surface area contributed by atoms with E-state index >= 15 is 0 Å². The van der Waals surface area contributed by atoms with Crippen LogP contribution in [-0.4, -0.2) is 65.9 Å². The van der Waals surface area contributed by atoms with E-state index in [1.807, 2.05) is 0 Å². The summed E-state index contributed by atoms with van der Waals surface area (Å²) in [5, 5.41) is 0. The van der Waals surface area contributed by atoms with Gasteiger partial charge in [-0.25, -0.2) is 0 Å². The Morgan fingerprint density at radius 3 is 2.38 bits per heavy atom. The molecule has 0 aliphatic carbocycles. The maximum atomic E-state index is 12.2. The molecule has 0 radical (unpaired) electrons. The lowest BCUT2D eigenvalue weighted by Crippen LogP contribution is -2.50. The van der Waals surface area contributed by atoms with Gasteiger partial charge in [-0.3, -0.25) is 9.69 Å². The van der Waals surface area contributed by atoms with Crippen LogP contribution >= 0.6 is 12.6 Å². The highest BCUT2D eigenvalue weighted by molar-refractivity contribution is 7.81. The molecule has 21 heavy (non-hydrogen) atoms. The molecule has 2 aliphatic rings. The van der Waals surface area contributed by atoms with Crippen molar-refractivity contribution in [1.29, 1.82) is 0 Å². The largest absolute Gasteiger partial charge is 0.379 e. The Hall–Kier alpha value is -0.260. The first-order valence-electron chi connectivity index (χ1n) is 8.28. The van der Waals surface area contributed by atoms with E-state index in [-0.39, 0.29) is 4.75 Å². The SMILES string of the molecule is CC(C)(S)CCCC(=O)N1CCC(N2CCOCC2)CC1. The number of piperidine rings is 1. The highest BCUT2D eigenvalue weighted by Crippen LogP contribution is 2.22. The second-order valence-electron chi connectivity index (χ2n) is 6.93. The van der Waals surface area contributed by atoms with Crippen LogP contribution in [0.1, 0.15) is 46.0 Å². The molecule has 0 saturated carbocycles. The second kappa shape index (κ2) is 7.84. The van der Waals surface area contributed by atoms with Crippen LogP contribution in [0.4, 0.5) is 0 Å². The number of nitrogens with zero attached hydrogens (tertiary/aromatic N) is 2. The summed E-state index contributed by atoms with van der Waals surface area (Å²) in [4.78, 5) is 16.8. The number of carbonyl (C=O) groups excluding carboxylic acids is 1. The first kappa shape index (κ1) is 17.1. The van der Waals surface area contributed by atoms with E-state index in [0.717, 1.165) is 65.1 Å². The summed E-state index contributed by atoms with van der Waals surface area (Å²) in [6.45, 7) is 9.88. The first-order valence-corrected chi connectivity index (χ1v) is 8.72. The lowest BCUT2D eigenvalue weighted by Gasteiger charge is -2.40. The van der Waals surface area contributed by atoms with Crippen LogP contribution in [0.2, 0.25) is 0 Å². The highest BCUT2D eigenvalue weighted by Gasteiger charge is 2.27. The summed E-state index contributed by atoms with van der Waals surface area (Å²) < 4.78 is 5.44. The van der Waals surface area contributed by atoms with Crippen molar-refractivity contribution in [3.63, 3.8) is 0 Å². The molecule has 2 saturated heterocycles. The average molecular weight is 314 g/mol. The maximum absolute atomic E-state index is 12.2. The van der Waals surface area contributed by atoms with E-state index in [0.29, 0.717) is 18.4 Å². The molecule has 0 aromatic rings. The van der Waals surface area contributed by atoms with Gasteiger partial charge in [0.15, 0.2) is 0 Å². The number of morpholine rings is 1. The zero-order valence-electron chi connectivity index (χ0n) is 13.5. The van der Waals surface area contributed by atoms with E-state index in [1.54, 1.807) is 0 Å². The predicted octanol–water partition coefficient (Wildman–Crippen LogP) is 2.19. The van der Waals surface area contributed by atoms with Crippen LogP contribution in [0, 0.1) is 0 Å². The molecule has 0 atom stereocenters. The van der Waals surface area contributed by atoms with Gasteiger partial charge in [0, 0.05) is 43.4 Å². The zero-order chi connectivity index (χ0) is 15.3. The van der Waals surface area contributed by atoms with Crippen molar-refractivity contribution in [2.24, 2.45) is 0 Å². The minimum atomic E-state index is 0.0314. The van der Waals surface area contributed by atoms with E-state index in [4.69, 9.17) is 4.74 Å².